The Morgan fingerprint density at radius 2 is 0.828 bits per heavy atom. The number of benzene rings is 10. The second kappa shape index (κ2) is 13.9. The first-order valence-corrected chi connectivity index (χ1v) is 21.9. The highest BCUT2D eigenvalue weighted by Gasteiger charge is 2.35. The fourth-order valence-electron chi connectivity index (χ4n) is 10.4. The summed E-state index contributed by atoms with van der Waals surface area (Å²) in [5.41, 5.74) is 14.0. The van der Waals surface area contributed by atoms with Crippen LogP contribution >= 0.6 is 0 Å². The summed E-state index contributed by atoms with van der Waals surface area (Å²) in [6.07, 6.45) is 0. The molecule has 0 radical (unpaired) electrons. The molecule has 2 heterocycles. The lowest BCUT2D eigenvalue weighted by Gasteiger charge is -2.21. The van der Waals surface area contributed by atoms with Crippen LogP contribution in [0, 0.1) is 0 Å². The molecular weight excluding hydrogens is 779 g/mol. The molecule has 0 fully saturated rings. The van der Waals surface area contributed by atoms with Crippen LogP contribution in [0.3, 0.4) is 0 Å². The highest BCUT2D eigenvalue weighted by Crippen LogP contribution is 2.49. The van der Waals surface area contributed by atoms with Crippen LogP contribution < -0.4 is 0 Å². The smallest absolute Gasteiger partial charge is 0.164 e. The molecule has 2 aromatic heterocycles. The zero-order valence-electron chi connectivity index (χ0n) is 35.3. The number of rotatable bonds is 5. The maximum absolute atomic E-state index is 6.56. The summed E-state index contributed by atoms with van der Waals surface area (Å²) in [5.74, 6) is 1.91. The first-order valence-electron chi connectivity index (χ1n) is 21.9. The number of aromatic nitrogens is 3. The Bertz CT molecular complexity index is 3850. The molecule has 300 valence electrons. The van der Waals surface area contributed by atoms with Gasteiger partial charge in [0.25, 0.3) is 0 Å². The molecule has 1 aliphatic carbocycles. The molecule has 0 amide bonds. The third-order valence-corrected chi connectivity index (χ3v) is 13.5. The van der Waals surface area contributed by atoms with Crippen molar-refractivity contribution in [2.75, 3.05) is 0 Å². The SMILES string of the molecule is CC1(C)c2ccccc2-c2ccc(-c3nc(-c4ccccc4)nc(-c4cccc(-c5cccc6oc7ccc(-c8ccc9c%10ccccc%10c%10ccccc%10c9c8)cc7c56)c4)n3)cc21. The van der Waals surface area contributed by atoms with E-state index in [1.807, 2.05) is 18.2 Å². The van der Waals surface area contributed by atoms with Crippen LogP contribution in [0.4, 0.5) is 0 Å². The third-order valence-electron chi connectivity index (χ3n) is 13.5. The lowest BCUT2D eigenvalue weighted by Crippen LogP contribution is -2.15. The number of hydrogen-bond acceptors (Lipinski definition) is 4. The summed E-state index contributed by atoms with van der Waals surface area (Å²) in [5, 5.41) is 9.76. The third kappa shape index (κ3) is 5.59. The Morgan fingerprint density at radius 3 is 1.58 bits per heavy atom. The molecule has 4 heteroatoms. The molecule has 0 unspecified atom stereocenters. The van der Waals surface area contributed by atoms with E-state index in [2.05, 4.69) is 196 Å². The topological polar surface area (TPSA) is 51.8 Å². The van der Waals surface area contributed by atoms with Crippen molar-refractivity contribution in [2.24, 2.45) is 0 Å². The minimum absolute atomic E-state index is 0.146. The fourth-order valence-corrected chi connectivity index (χ4v) is 10.4. The first-order chi connectivity index (χ1) is 31.5. The van der Waals surface area contributed by atoms with Gasteiger partial charge in [-0.2, -0.15) is 0 Å². The zero-order valence-corrected chi connectivity index (χ0v) is 35.3. The molecular formula is C60H39N3O. The summed E-state index contributed by atoms with van der Waals surface area (Å²) < 4.78 is 6.56. The van der Waals surface area contributed by atoms with Gasteiger partial charge in [-0.25, -0.2) is 15.0 Å². The van der Waals surface area contributed by atoms with Gasteiger partial charge in [0.2, 0.25) is 0 Å². The zero-order chi connectivity index (χ0) is 42.5. The first kappa shape index (κ1) is 36.4. The standard InChI is InChI=1S/C60H39N3O/c1-60(2)52-24-11-10-22-48(52)49-30-27-41(35-53(49)60)59-62-57(36-14-4-3-5-15-36)61-58(63-59)40-17-12-16-39(32-40)42-23-13-25-55-56(42)51-34-38(28-31-54(51)64-55)37-26-29-47-45-20-7-6-18-43(45)44-19-8-9-21-46(44)50(47)33-37/h3-35H,1-2H3. The van der Waals surface area contributed by atoms with Crippen molar-refractivity contribution in [3.63, 3.8) is 0 Å². The van der Waals surface area contributed by atoms with Crippen LogP contribution in [0.2, 0.25) is 0 Å². The number of hydrogen-bond donors (Lipinski definition) is 0. The second-order valence-corrected chi connectivity index (χ2v) is 17.5. The maximum atomic E-state index is 6.56. The number of fused-ring (bicyclic) bond motifs is 12. The highest BCUT2D eigenvalue weighted by atomic mass is 16.3. The Balaban J connectivity index is 0.936. The van der Waals surface area contributed by atoms with Gasteiger partial charge in [0.05, 0.1) is 0 Å². The van der Waals surface area contributed by atoms with E-state index in [4.69, 9.17) is 19.4 Å². The van der Waals surface area contributed by atoms with E-state index >= 15 is 0 Å². The summed E-state index contributed by atoms with van der Waals surface area (Å²) in [6.45, 7) is 4.61. The largest absolute Gasteiger partial charge is 0.456 e. The van der Waals surface area contributed by atoms with Crippen LogP contribution in [-0.4, -0.2) is 15.0 Å². The van der Waals surface area contributed by atoms with Crippen LogP contribution in [0.5, 0.6) is 0 Å². The summed E-state index contributed by atoms with van der Waals surface area (Å²) in [4.78, 5) is 15.5. The molecule has 0 spiro atoms. The predicted molar refractivity (Wildman–Crippen MR) is 264 cm³/mol. The van der Waals surface area contributed by atoms with Crippen LogP contribution in [0.1, 0.15) is 25.0 Å². The van der Waals surface area contributed by atoms with Crippen molar-refractivity contribution < 1.29 is 4.42 Å². The molecule has 1 aliphatic rings. The number of furan rings is 1. The van der Waals surface area contributed by atoms with Crippen molar-refractivity contribution in [2.45, 2.75) is 19.3 Å². The van der Waals surface area contributed by atoms with Gasteiger partial charge >= 0.3 is 0 Å². The van der Waals surface area contributed by atoms with Crippen molar-refractivity contribution in [3.05, 3.63) is 211 Å². The Morgan fingerprint density at radius 1 is 0.312 bits per heavy atom. The van der Waals surface area contributed by atoms with Gasteiger partial charge < -0.3 is 4.42 Å². The molecule has 4 nitrogen and oxygen atoms in total. The van der Waals surface area contributed by atoms with Crippen LogP contribution in [0.15, 0.2) is 205 Å². The van der Waals surface area contributed by atoms with Gasteiger partial charge in [-0.05, 0) is 113 Å². The van der Waals surface area contributed by atoms with Crippen LogP contribution in [0.25, 0.3) is 122 Å². The van der Waals surface area contributed by atoms with E-state index in [9.17, 15) is 0 Å². The van der Waals surface area contributed by atoms with E-state index in [-0.39, 0.29) is 5.41 Å². The van der Waals surface area contributed by atoms with Crippen LogP contribution in [-0.2, 0) is 5.41 Å². The molecule has 0 bridgehead atoms. The van der Waals surface area contributed by atoms with Gasteiger partial charge in [-0.3, -0.25) is 0 Å². The Kier molecular flexibility index (Phi) is 7.92. The molecule has 0 N–H and O–H groups in total. The second-order valence-electron chi connectivity index (χ2n) is 17.5. The highest BCUT2D eigenvalue weighted by molar-refractivity contribution is 6.26. The lowest BCUT2D eigenvalue weighted by atomic mass is 9.82. The van der Waals surface area contributed by atoms with E-state index in [1.54, 1.807) is 0 Å². The van der Waals surface area contributed by atoms with E-state index < -0.39 is 0 Å². The van der Waals surface area contributed by atoms with Crippen molar-refractivity contribution in [3.8, 4) is 67.5 Å². The van der Waals surface area contributed by atoms with Gasteiger partial charge in [0, 0.05) is 32.9 Å². The van der Waals surface area contributed by atoms with E-state index in [0.717, 1.165) is 55.3 Å². The van der Waals surface area contributed by atoms with Gasteiger partial charge in [-0.15, -0.1) is 0 Å². The summed E-state index contributed by atoms with van der Waals surface area (Å²) >= 11 is 0. The summed E-state index contributed by atoms with van der Waals surface area (Å²) in [6, 6.07) is 71.4. The normalized spacial score (nSPS) is 13.0. The molecule has 0 saturated carbocycles. The maximum Gasteiger partial charge on any atom is 0.164 e. The number of nitrogens with zero attached hydrogens (tertiary/aromatic N) is 3. The fraction of sp³-hybridized carbons (Fsp3) is 0.0500. The molecule has 0 aliphatic heterocycles. The van der Waals surface area contributed by atoms with E-state index in [1.165, 1.54) is 60.1 Å². The average Bonchev–Trinajstić information content (AvgIpc) is 3.85. The Hall–Kier alpha value is -8.21. The van der Waals surface area contributed by atoms with Crippen molar-refractivity contribution in [1.82, 2.24) is 15.0 Å². The average molecular weight is 818 g/mol. The molecule has 0 atom stereocenters. The molecule has 13 rings (SSSR count). The minimum atomic E-state index is -0.146. The Labute approximate surface area is 370 Å². The molecule has 64 heavy (non-hydrogen) atoms. The quantitative estimate of drug-likeness (QED) is 0.162. The van der Waals surface area contributed by atoms with Gasteiger partial charge in [0.15, 0.2) is 17.5 Å². The van der Waals surface area contributed by atoms with Crippen molar-refractivity contribution in [1.29, 1.82) is 0 Å². The van der Waals surface area contributed by atoms with E-state index in [0.29, 0.717) is 17.5 Å². The summed E-state index contributed by atoms with van der Waals surface area (Å²) in [7, 11) is 0. The molecule has 0 saturated heterocycles. The molecule has 10 aromatic carbocycles. The predicted octanol–water partition coefficient (Wildman–Crippen LogP) is 15.9. The lowest BCUT2D eigenvalue weighted by molar-refractivity contribution is 0.660. The monoisotopic (exact) mass is 817 g/mol. The van der Waals surface area contributed by atoms with Gasteiger partial charge in [0.1, 0.15) is 11.2 Å². The van der Waals surface area contributed by atoms with Crippen molar-refractivity contribution >= 4 is 54.3 Å². The van der Waals surface area contributed by atoms with Gasteiger partial charge in [-0.1, -0.05) is 178 Å². The minimum Gasteiger partial charge on any atom is -0.456 e. The molecule has 12 aromatic rings.